The van der Waals surface area contributed by atoms with Crippen LogP contribution in [0.5, 0.6) is 11.5 Å². The lowest BCUT2D eigenvalue weighted by Crippen LogP contribution is -2.34. The molecule has 2 atom stereocenters. The van der Waals surface area contributed by atoms with E-state index in [4.69, 9.17) is 15.2 Å². The van der Waals surface area contributed by atoms with Crippen molar-refractivity contribution in [3.8, 4) is 11.5 Å². The van der Waals surface area contributed by atoms with Crippen LogP contribution in [0.25, 0.3) is 0 Å². The highest BCUT2D eigenvalue weighted by Gasteiger charge is 2.17. The van der Waals surface area contributed by atoms with Gasteiger partial charge in [-0.25, -0.2) is 0 Å². The van der Waals surface area contributed by atoms with Gasteiger partial charge in [-0.3, -0.25) is 0 Å². The van der Waals surface area contributed by atoms with Gasteiger partial charge in [-0.2, -0.15) is 0 Å². The summed E-state index contributed by atoms with van der Waals surface area (Å²) in [7, 11) is 4.86. The zero-order valence-corrected chi connectivity index (χ0v) is 18.7. The van der Waals surface area contributed by atoms with Crippen LogP contribution in [0, 0.1) is 0 Å². The standard InChI is InChI=1S/C22H31NO2P2/c1-22(2,23)17(13-15-26-20-11-7-5-9-18(20)24-3)14-16-27-21-12-8-6-10-19(21)25-4/h5-13,26-27H,14-16,23H2,1-4H3. The summed E-state index contributed by atoms with van der Waals surface area (Å²) in [5, 5.41) is 2.55. The number of methoxy groups -OCH3 is 2. The van der Waals surface area contributed by atoms with Crippen LogP contribution in [0.15, 0.2) is 60.2 Å². The lowest BCUT2D eigenvalue weighted by Gasteiger charge is -2.24. The van der Waals surface area contributed by atoms with E-state index in [1.165, 1.54) is 16.2 Å². The Morgan fingerprint density at radius 3 is 1.96 bits per heavy atom. The number of para-hydroxylation sites is 2. The maximum atomic E-state index is 6.44. The number of hydrogen-bond acceptors (Lipinski definition) is 3. The van der Waals surface area contributed by atoms with E-state index in [1.54, 1.807) is 14.2 Å². The molecular formula is C22H31NO2P2. The third kappa shape index (κ3) is 6.92. The minimum Gasteiger partial charge on any atom is -0.496 e. The fourth-order valence-corrected chi connectivity index (χ4v) is 5.26. The Morgan fingerprint density at radius 1 is 0.926 bits per heavy atom. The summed E-state index contributed by atoms with van der Waals surface area (Å²) in [6.45, 7) is 4.19. The topological polar surface area (TPSA) is 44.5 Å². The number of benzene rings is 2. The number of hydrogen-bond donors (Lipinski definition) is 1. The third-order valence-electron chi connectivity index (χ3n) is 4.39. The molecule has 0 bridgehead atoms. The molecule has 27 heavy (non-hydrogen) atoms. The first-order valence-corrected chi connectivity index (χ1v) is 11.6. The molecule has 0 aliphatic heterocycles. The summed E-state index contributed by atoms with van der Waals surface area (Å²) < 4.78 is 10.9. The van der Waals surface area contributed by atoms with Crippen LogP contribution < -0.4 is 25.8 Å². The van der Waals surface area contributed by atoms with Crippen molar-refractivity contribution in [1.29, 1.82) is 0 Å². The molecule has 0 fully saturated rings. The van der Waals surface area contributed by atoms with Crippen LogP contribution in [-0.2, 0) is 0 Å². The number of ether oxygens (including phenoxy) is 2. The van der Waals surface area contributed by atoms with Gasteiger partial charge in [0.25, 0.3) is 0 Å². The highest BCUT2D eigenvalue weighted by Crippen LogP contribution is 2.26. The van der Waals surface area contributed by atoms with Crippen molar-refractivity contribution in [2.45, 2.75) is 25.8 Å². The van der Waals surface area contributed by atoms with Gasteiger partial charge >= 0.3 is 0 Å². The first-order chi connectivity index (χ1) is 13.0. The lowest BCUT2D eigenvalue weighted by molar-refractivity contribution is 0.418. The first-order valence-electron chi connectivity index (χ1n) is 9.18. The maximum absolute atomic E-state index is 6.44. The molecule has 2 aromatic carbocycles. The van der Waals surface area contributed by atoms with Gasteiger partial charge in [0.2, 0.25) is 0 Å². The van der Waals surface area contributed by atoms with Crippen molar-refractivity contribution in [2.24, 2.45) is 5.73 Å². The summed E-state index contributed by atoms with van der Waals surface area (Å²) in [6.07, 6.45) is 5.42. The average Bonchev–Trinajstić information content (AvgIpc) is 2.66. The summed E-state index contributed by atoms with van der Waals surface area (Å²) in [4.78, 5) is 0. The lowest BCUT2D eigenvalue weighted by atomic mass is 9.93. The molecule has 0 aromatic heterocycles. The fraction of sp³-hybridized carbons (Fsp3) is 0.364. The number of nitrogens with two attached hydrogens (primary N) is 1. The van der Waals surface area contributed by atoms with E-state index in [2.05, 4.69) is 44.2 Å². The molecule has 0 radical (unpaired) electrons. The molecule has 2 aromatic rings. The van der Waals surface area contributed by atoms with Crippen molar-refractivity contribution < 1.29 is 9.47 Å². The Kier molecular flexibility index (Phi) is 8.77. The van der Waals surface area contributed by atoms with Gasteiger partial charge in [0.15, 0.2) is 0 Å². The molecule has 2 rings (SSSR count). The smallest absolute Gasteiger partial charge is 0.126 e. The predicted octanol–water partition coefficient (Wildman–Crippen LogP) is 4.07. The maximum Gasteiger partial charge on any atom is 0.126 e. The highest BCUT2D eigenvalue weighted by atomic mass is 31.1. The van der Waals surface area contributed by atoms with E-state index >= 15 is 0 Å². The van der Waals surface area contributed by atoms with Gasteiger partial charge in [0, 0.05) is 16.1 Å². The van der Waals surface area contributed by atoms with Crippen LogP contribution in [0.4, 0.5) is 0 Å². The van der Waals surface area contributed by atoms with Crippen LogP contribution >= 0.6 is 17.2 Å². The third-order valence-corrected chi connectivity index (χ3v) is 6.89. The van der Waals surface area contributed by atoms with E-state index in [0.717, 1.165) is 38.8 Å². The van der Waals surface area contributed by atoms with Gasteiger partial charge in [-0.15, -0.1) is 0 Å². The van der Waals surface area contributed by atoms with Crippen LogP contribution in [0.1, 0.15) is 20.3 Å². The monoisotopic (exact) mass is 403 g/mol. The van der Waals surface area contributed by atoms with Crippen molar-refractivity contribution in [2.75, 3.05) is 26.5 Å². The van der Waals surface area contributed by atoms with Crippen molar-refractivity contribution in [3.05, 3.63) is 60.2 Å². The zero-order valence-electron chi connectivity index (χ0n) is 16.7. The summed E-state index contributed by atoms with van der Waals surface area (Å²) in [6, 6.07) is 16.5. The molecule has 146 valence electrons. The van der Waals surface area contributed by atoms with Crippen molar-refractivity contribution >= 4 is 27.8 Å². The number of rotatable bonds is 10. The molecule has 0 aliphatic rings. The fourth-order valence-electron chi connectivity index (χ4n) is 2.88. The first kappa shape index (κ1) is 21.9. The minimum atomic E-state index is -0.295. The molecular weight excluding hydrogens is 372 g/mol. The second-order valence-electron chi connectivity index (χ2n) is 6.91. The molecule has 3 nitrogen and oxygen atoms in total. The SMILES string of the molecule is COc1ccccc1PCC=C(CCPc1ccccc1OC)C(C)(C)N. The summed E-state index contributed by atoms with van der Waals surface area (Å²) in [5.41, 5.74) is 7.47. The summed E-state index contributed by atoms with van der Waals surface area (Å²) in [5.74, 6) is 1.95. The Labute approximate surface area is 167 Å². The Morgan fingerprint density at radius 2 is 1.44 bits per heavy atom. The molecule has 0 spiro atoms. The van der Waals surface area contributed by atoms with Gasteiger partial charge in [-0.1, -0.05) is 65.2 Å². The van der Waals surface area contributed by atoms with Crippen LogP contribution in [0.2, 0.25) is 0 Å². The van der Waals surface area contributed by atoms with E-state index in [1.807, 2.05) is 24.3 Å². The molecule has 2 N–H and O–H groups in total. The quantitative estimate of drug-likeness (QED) is 0.481. The van der Waals surface area contributed by atoms with E-state index in [9.17, 15) is 0 Å². The molecule has 0 amide bonds. The molecule has 5 heteroatoms. The van der Waals surface area contributed by atoms with Crippen molar-refractivity contribution in [1.82, 2.24) is 0 Å². The Bertz CT molecular complexity index is 754. The molecule has 0 saturated heterocycles. The molecule has 0 aliphatic carbocycles. The van der Waals surface area contributed by atoms with E-state index in [0.29, 0.717) is 8.58 Å². The van der Waals surface area contributed by atoms with Gasteiger partial charge in [0.05, 0.1) is 14.2 Å². The van der Waals surface area contributed by atoms with E-state index in [-0.39, 0.29) is 5.54 Å². The van der Waals surface area contributed by atoms with Gasteiger partial charge in [0.1, 0.15) is 11.5 Å². The van der Waals surface area contributed by atoms with E-state index < -0.39 is 0 Å². The average molecular weight is 403 g/mol. The number of allylic oxidation sites excluding steroid dienone is 1. The second kappa shape index (κ2) is 10.8. The normalized spacial score (nSPS) is 13.0. The Hall–Kier alpha value is -1.40. The highest BCUT2D eigenvalue weighted by molar-refractivity contribution is 7.47. The van der Waals surface area contributed by atoms with Crippen LogP contribution in [-0.4, -0.2) is 32.1 Å². The van der Waals surface area contributed by atoms with Gasteiger partial charge < -0.3 is 15.2 Å². The second-order valence-corrected chi connectivity index (χ2v) is 9.60. The zero-order chi connectivity index (χ0) is 19.7. The molecule has 0 saturated carbocycles. The minimum absolute atomic E-state index is 0.295. The molecule has 0 heterocycles. The van der Waals surface area contributed by atoms with Crippen molar-refractivity contribution in [3.63, 3.8) is 0 Å². The van der Waals surface area contributed by atoms with Crippen LogP contribution in [0.3, 0.4) is 0 Å². The molecule has 2 unspecified atom stereocenters. The predicted molar refractivity (Wildman–Crippen MR) is 123 cm³/mol. The Balaban J connectivity index is 1.97. The summed E-state index contributed by atoms with van der Waals surface area (Å²) >= 11 is 0. The van der Waals surface area contributed by atoms with Gasteiger partial charge in [-0.05, 0) is 44.7 Å². The largest absolute Gasteiger partial charge is 0.496 e.